The SMILES string of the molecule is CCCOc1ccc(/C(O)=C/C(=O)C(=O)OC)c(Cl)c1. The summed E-state index contributed by atoms with van der Waals surface area (Å²) in [6.07, 6.45) is 1.62. The number of ketones is 1. The molecule has 1 aromatic rings. The summed E-state index contributed by atoms with van der Waals surface area (Å²) in [6, 6.07) is 4.65. The van der Waals surface area contributed by atoms with Gasteiger partial charge in [-0.15, -0.1) is 0 Å². The Kier molecular flexibility index (Phi) is 6.06. The maximum Gasteiger partial charge on any atom is 0.378 e. The summed E-state index contributed by atoms with van der Waals surface area (Å²) in [5.74, 6) is -1.87. The Morgan fingerprint density at radius 3 is 2.65 bits per heavy atom. The highest BCUT2D eigenvalue weighted by molar-refractivity contribution is 6.39. The molecule has 0 aliphatic carbocycles. The number of carbonyl (C=O) groups is 2. The molecule has 0 bridgehead atoms. The Labute approximate surface area is 121 Å². The number of benzene rings is 1. The van der Waals surface area contributed by atoms with E-state index in [1.807, 2.05) is 6.92 Å². The molecule has 0 radical (unpaired) electrons. The molecular weight excluding hydrogens is 284 g/mol. The maximum absolute atomic E-state index is 11.3. The van der Waals surface area contributed by atoms with Crippen LogP contribution in [0.4, 0.5) is 0 Å². The van der Waals surface area contributed by atoms with E-state index in [2.05, 4.69) is 4.74 Å². The lowest BCUT2D eigenvalue weighted by Gasteiger charge is -2.08. The van der Waals surface area contributed by atoms with Crippen LogP contribution in [0.5, 0.6) is 5.75 Å². The van der Waals surface area contributed by atoms with Crippen LogP contribution in [-0.4, -0.2) is 30.6 Å². The zero-order valence-electron chi connectivity index (χ0n) is 11.2. The van der Waals surface area contributed by atoms with Crippen molar-refractivity contribution in [3.05, 3.63) is 34.9 Å². The van der Waals surface area contributed by atoms with Gasteiger partial charge in [-0.3, -0.25) is 4.79 Å². The molecule has 0 heterocycles. The molecule has 20 heavy (non-hydrogen) atoms. The number of rotatable bonds is 6. The van der Waals surface area contributed by atoms with Gasteiger partial charge in [-0.25, -0.2) is 4.79 Å². The highest BCUT2D eigenvalue weighted by Crippen LogP contribution is 2.27. The zero-order valence-corrected chi connectivity index (χ0v) is 11.9. The van der Waals surface area contributed by atoms with Crippen LogP contribution in [-0.2, 0) is 14.3 Å². The summed E-state index contributed by atoms with van der Waals surface area (Å²) >= 11 is 5.99. The predicted molar refractivity (Wildman–Crippen MR) is 74.9 cm³/mol. The molecule has 1 rings (SSSR count). The van der Waals surface area contributed by atoms with E-state index in [9.17, 15) is 14.7 Å². The lowest BCUT2D eigenvalue weighted by Crippen LogP contribution is -2.13. The number of carbonyl (C=O) groups excluding carboxylic acids is 2. The molecule has 0 unspecified atom stereocenters. The average molecular weight is 299 g/mol. The summed E-state index contributed by atoms with van der Waals surface area (Å²) in [7, 11) is 1.08. The van der Waals surface area contributed by atoms with Crippen molar-refractivity contribution in [2.24, 2.45) is 0 Å². The first kappa shape index (κ1) is 16.0. The number of ether oxygens (including phenoxy) is 2. The first-order chi connectivity index (χ1) is 9.49. The van der Waals surface area contributed by atoms with Gasteiger partial charge in [-0.1, -0.05) is 18.5 Å². The van der Waals surface area contributed by atoms with Crippen molar-refractivity contribution in [1.82, 2.24) is 0 Å². The highest BCUT2D eigenvalue weighted by atomic mass is 35.5. The molecule has 108 valence electrons. The molecule has 0 spiro atoms. The van der Waals surface area contributed by atoms with E-state index in [4.69, 9.17) is 16.3 Å². The third kappa shape index (κ3) is 4.28. The largest absolute Gasteiger partial charge is 0.507 e. The summed E-state index contributed by atoms with van der Waals surface area (Å²) < 4.78 is 9.63. The van der Waals surface area contributed by atoms with Crippen molar-refractivity contribution >= 4 is 29.1 Å². The molecule has 0 aromatic heterocycles. The molecule has 0 fully saturated rings. The standard InChI is InChI=1S/C14H15ClO5/c1-3-6-20-9-4-5-10(11(15)7-9)12(16)8-13(17)14(18)19-2/h4-5,7-8,16H,3,6H2,1-2H3/b12-8-. The smallest absolute Gasteiger partial charge is 0.378 e. The van der Waals surface area contributed by atoms with Gasteiger partial charge in [0.2, 0.25) is 0 Å². The topological polar surface area (TPSA) is 72.8 Å². The third-order valence-electron chi connectivity index (χ3n) is 2.34. The van der Waals surface area contributed by atoms with Gasteiger partial charge in [0.05, 0.1) is 18.7 Å². The van der Waals surface area contributed by atoms with Gasteiger partial charge in [0.15, 0.2) is 0 Å². The highest BCUT2D eigenvalue weighted by Gasteiger charge is 2.14. The van der Waals surface area contributed by atoms with E-state index >= 15 is 0 Å². The molecule has 0 aliphatic rings. The van der Waals surface area contributed by atoms with E-state index in [-0.39, 0.29) is 10.6 Å². The fourth-order valence-electron chi connectivity index (χ4n) is 1.37. The average Bonchev–Trinajstić information content (AvgIpc) is 2.43. The van der Waals surface area contributed by atoms with Crippen molar-refractivity contribution in [3.8, 4) is 5.75 Å². The first-order valence-corrected chi connectivity index (χ1v) is 6.33. The normalized spacial score (nSPS) is 11.1. The van der Waals surface area contributed by atoms with Crippen LogP contribution in [0.1, 0.15) is 18.9 Å². The Morgan fingerprint density at radius 1 is 1.40 bits per heavy atom. The molecule has 0 saturated carbocycles. The minimum atomic E-state index is -1.06. The van der Waals surface area contributed by atoms with Gasteiger partial charge >= 0.3 is 5.97 Å². The van der Waals surface area contributed by atoms with Crippen molar-refractivity contribution in [1.29, 1.82) is 0 Å². The third-order valence-corrected chi connectivity index (χ3v) is 2.66. The van der Waals surface area contributed by atoms with Crippen molar-refractivity contribution in [2.75, 3.05) is 13.7 Å². The fraction of sp³-hybridized carbons (Fsp3) is 0.286. The van der Waals surface area contributed by atoms with Gasteiger partial charge in [0.1, 0.15) is 11.5 Å². The van der Waals surface area contributed by atoms with E-state index in [1.54, 1.807) is 6.07 Å². The number of aliphatic hydroxyl groups is 1. The molecular formula is C14H15ClO5. The van der Waals surface area contributed by atoms with Crippen LogP contribution < -0.4 is 4.74 Å². The molecule has 0 saturated heterocycles. The number of aliphatic hydroxyl groups excluding tert-OH is 1. The molecule has 5 nitrogen and oxygen atoms in total. The number of halogens is 1. The molecule has 1 aromatic carbocycles. The molecule has 0 aliphatic heterocycles. The van der Waals surface area contributed by atoms with Gasteiger partial charge in [0.25, 0.3) is 5.78 Å². The Hall–Kier alpha value is -2.01. The second kappa shape index (κ2) is 7.55. The van der Waals surface area contributed by atoms with E-state index in [0.29, 0.717) is 12.4 Å². The maximum atomic E-state index is 11.3. The van der Waals surface area contributed by atoms with E-state index in [0.717, 1.165) is 19.6 Å². The lowest BCUT2D eigenvalue weighted by atomic mass is 10.1. The number of methoxy groups -OCH3 is 1. The van der Waals surface area contributed by atoms with Crippen molar-refractivity contribution < 1.29 is 24.2 Å². The molecule has 0 atom stereocenters. The second-order valence-electron chi connectivity index (χ2n) is 3.88. The molecule has 0 amide bonds. The second-order valence-corrected chi connectivity index (χ2v) is 4.28. The Morgan fingerprint density at radius 2 is 2.10 bits per heavy atom. The van der Waals surface area contributed by atoms with Crippen molar-refractivity contribution in [3.63, 3.8) is 0 Å². The monoisotopic (exact) mass is 298 g/mol. The van der Waals surface area contributed by atoms with Crippen LogP contribution in [0, 0.1) is 0 Å². The van der Waals surface area contributed by atoms with E-state index in [1.165, 1.54) is 12.1 Å². The first-order valence-electron chi connectivity index (χ1n) is 5.95. The lowest BCUT2D eigenvalue weighted by molar-refractivity contribution is -0.149. The minimum absolute atomic E-state index is 0.213. The van der Waals surface area contributed by atoms with E-state index < -0.39 is 17.5 Å². The summed E-state index contributed by atoms with van der Waals surface area (Å²) in [6.45, 7) is 2.53. The van der Waals surface area contributed by atoms with Gasteiger partial charge in [-0.05, 0) is 24.6 Å². The Balaban J connectivity index is 2.94. The van der Waals surface area contributed by atoms with Gasteiger partial charge < -0.3 is 14.6 Å². The van der Waals surface area contributed by atoms with Crippen LogP contribution in [0.15, 0.2) is 24.3 Å². The molecule has 6 heteroatoms. The van der Waals surface area contributed by atoms with Crippen molar-refractivity contribution in [2.45, 2.75) is 13.3 Å². The predicted octanol–water partition coefficient (Wildman–Crippen LogP) is 2.77. The quantitative estimate of drug-likeness (QED) is 0.378. The fourth-order valence-corrected chi connectivity index (χ4v) is 1.64. The van der Waals surface area contributed by atoms with Crippen LogP contribution in [0.3, 0.4) is 0 Å². The molecule has 1 N–H and O–H groups in total. The summed E-state index contributed by atoms with van der Waals surface area (Å²) in [5, 5.41) is 10.0. The van der Waals surface area contributed by atoms with Crippen LogP contribution >= 0.6 is 11.6 Å². The number of esters is 1. The van der Waals surface area contributed by atoms with Gasteiger partial charge in [-0.2, -0.15) is 0 Å². The Bertz CT molecular complexity index is 536. The number of hydrogen-bond donors (Lipinski definition) is 1. The van der Waals surface area contributed by atoms with Crippen LogP contribution in [0.25, 0.3) is 5.76 Å². The number of hydrogen-bond acceptors (Lipinski definition) is 5. The minimum Gasteiger partial charge on any atom is -0.507 e. The zero-order chi connectivity index (χ0) is 15.1. The van der Waals surface area contributed by atoms with Gasteiger partial charge in [0, 0.05) is 11.6 Å². The summed E-state index contributed by atoms with van der Waals surface area (Å²) in [5.41, 5.74) is 0.229. The van der Waals surface area contributed by atoms with Crippen LogP contribution in [0.2, 0.25) is 5.02 Å². The summed E-state index contributed by atoms with van der Waals surface area (Å²) in [4.78, 5) is 22.3.